The van der Waals surface area contributed by atoms with Crippen molar-refractivity contribution in [1.29, 1.82) is 0 Å². The van der Waals surface area contributed by atoms with Crippen LogP contribution in [0.3, 0.4) is 0 Å². The summed E-state index contributed by atoms with van der Waals surface area (Å²) >= 11 is 0. The molecule has 1 aromatic carbocycles. The zero-order valence-corrected chi connectivity index (χ0v) is 10.0. The molecule has 0 aromatic heterocycles. The van der Waals surface area contributed by atoms with Crippen molar-refractivity contribution in [3.63, 3.8) is 0 Å². The predicted molar refractivity (Wildman–Crippen MR) is 64.3 cm³/mol. The first-order valence-corrected chi connectivity index (χ1v) is 5.44. The first-order valence-electron chi connectivity index (χ1n) is 5.44. The van der Waals surface area contributed by atoms with E-state index >= 15 is 0 Å². The molecule has 0 saturated heterocycles. The summed E-state index contributed by atoms with van der Waals surface area (Å²) in [5, 5.41) is 8.77. The Morgan fingerprint density at radius 1 is 1.38 bits per heavy atom. The van der Waals surface area contributed by atoms with Gasteiger partial charge in [-0.25, -0.2) is 0 Å². The molecule has 0 radical (unpaired) electrons. The number of rotatable bonds is 4. The highest BCUT2D eigenvalue weighted by Gasteiger charge is 2.24. The molecule has 0 aliphatic carbocycles. The number of hydrogen-bond donors (Lipinski definition) is 2. The molecular weight excluding hydrogens is 202 g/mol. The van der Waals surface area contributed by atoms with E-state index in [0.29, 0.717) is 5.92 Å². The van der Waals surface area contributed by atoms with Crippen LogP contribution >= 0.6 is 0 Å². The van der Waals surface area contributed by atoms with Crippen LogP contribution in [-0.4, -0.2) is 11.1 Å². The van der Waals surface area contributed by atoms with Gasteiger partial charge >= 0.3 is 5.97 Å². The Morgan fingerprint density at radius 2 is 1.88 bits per heavy atom. The van der Waals surface area contributed by atoms with Gasteiger partial charge in [0.15, 0.2) is 0 Å². The zero-order chi connectivity index (χ0) is 12.3. The molecular formula is C13H19NO2. The van der Waals surface area contributed by atoms with Crippen LogP contribution in [0.5, 0.6) is 0 Å². The molecule has 0 heterocycles. The first kappa shape index (κ1) is 12.7. The lowest BCUT2D eigenvalue weighted by Crippen LogP contribution is -2.35. The maximum absolute atomic E-state index is 10.7. The lowest BCUT2D eigenvalue weighted by Gasteiger charge is -2.23. The molecule has 16 heavy (non-hydrogen) atoms. The molecule has 3 nitrogen and oxygen atoms in total. The average molecular weight is 221 g/mol. The van der Waals surface area contributed by atoms with Crippen molar-refractivity contribution in [1.82, 2.24) is 0 Å². The number of carbonyl (C=O) groups is 1. The van der Waals surface area contributed by atoms with E-state index in [1.807, 2.05) is 24.3 Å². The van der Waals surface area contributed by atoms with Crippen LogP contribution in [0.1, 0.15) is 44.2 Å². The summed E-state index contributed by atoms with van der Waals surface area (Å²) < 4.78 is 0. The molecule has 0 fully saturated rings. The Labute approximate surface area is 96.3 Å². The van der Waals surface area contributed by atoms with Gasteiger partial charge in [0, 0.05) is 5.54 Å². The summed E-state index contributed by atoms with van der Waals surface area (Å²) in [5.74, 6) is -0.407. The van der Waals surface area contributed by atoms with Crippen LogP contribution in [0.25, 0.3) is 0 Å². The molecule has 1 aromatic rings. The van der Waals surface area contributed by atoms with E-state index in [1.54, 1.807) is 6.92 Å². The molecule has 88 valence electrons. The molecule has 1 rings (SSSR count). The van der Waals surface area contributed by atoms with Gasteiger partial charge in [0.1, 0.15) is 0 Å². The van der Waals surface area contributed by atoms with Crippen LogP contribution in [0.2, 0.25) is 0 Å². The quantitative estimate of drug-likeness (QED) is 0.820. The van der Waals surface area contributed by atoms with Gasteiger partial charge in [0.2, 0.25) is 0 Å². The van der Waals surface area contributed by atoms with Crippen molar-refractivity contribution in [2.75, 3.05) is 0 Å². The van der Waals surface area contributed by atoms with Gasteiger partial charge < -0.3 is 10.8 Å². The number of benzene rings is 1. The maximum atomic E-state index is 10.7. The fourth-order valence-electron chi connectivity index (χ4n) is 1.66. The van der Waals surface area contributed by atoms with Crippen molar-refractivity contribution >= 4 is 5.97 Å². The second kappa shape index (κ2) is 4.66. The average Bonchev–Trinajstić information content (AvgIpc) is 2.16. The van der Waals surface area contributed by atoms with E-state index in [0.717, 1.165) is 5.56 Å². The Bertz CT molecular complexity index is 366. The van der Waals surface area contributed by atoms with Crippen LogP contribution in [0.4, 0.5) is 0 Å². The molecule has 1 atom stereocenters. The third-order valence-corrected chi connectivity index (χ3v) is 2.76. The van der Waals surface area contributed by atoms with Crippen molar-refractivity contribution < 1.29 is 9.90 Å². The van der Waals surface area contributed by atoms with Crippen LogP contribution in [0.15, 0.2) is 24.3 Å². The molecule has 0 saturated carbocycles. The van der Waals surface area contributed by atoms with Gasteiger partial charge in [0.05, 0.1) is 6.42 Å². The SMILES string of the molecule is CC(C)c1ccc(C(C)(N)CC(=O)O)cc1. The molecule has 3 heteroatoms. The Kier molecular flexibility index (Phi) is 3.70. The Balaban J connectivity index is 2.92. The van der Waals surface area contributed by atoms with Crippen LogP contribution < -0.4 is 5.73 Å². The zero-order valence-electron chi connectivity index (χ0n) is 10.0. The number of aliphatic carboxylic acids is 1. The van der Waals surface area contributed by atoms with Crippen LogP contribution in [0, 0.1) is 0 Å². The second-order valence-corrected chi connectivity index (χ2v) is 4.76. The van der Waals surface area contributed by atoms with Crippen molar-refractivity contribution in [2.24, 2.45) is 5.73 Å². The van der Waals surface area contributed by atoms with Crippen molar-refractivity contribution in [3.8, 4) is 0 Å². The van der Waals surface area contributed by atoms with E-state index in [4.69, 9.17) is 10.8 Å². The second-order valence-electron chi connectivity index (χ2n) is 4.76. The Hall–Kier alpha value is -1.35. The summed E-state index contributed by atoms with van der Waals surface area (Å²) in [6, 6.07) is 7.84. The van der Waals surface area contributed by atoms with Crippen molar-refractivity contribution in [2.45, 2.75) is 38.6 Å². The van der Waals surface area contributed by atoms with Crippen molar-refractivity contribution in [3.05, 3.63) is 35.4 Å². The molecule has 1 unspecified atom stereocenters. The van der Waals surface area contributed by atoms with Gasteiger partial charge in [-0.2, -0.15) is 0 Å². The lowest BCUT2D eigenvalue weighted by molar-refractivity contribution is -0.138. The third-order valence-electron chi connectivity index (χ3n) is 2.76. The minimum absolute atomic E-state index is 0.0615. The largest absolute Gasteiger partial charge is 0.481 e. The van der Waals surface area contributed by atoms with Crippen LogP contribution in [-0.2, 0) is 10.3 Å². The monoisotopic (exact) mass is 221 g/mol. The van der Waals surface area contributed by atoms with E-state index < -0.39 is 11.5 Å². The molecule has 0 bridgehead atoms. The first-order chi connectivity index (χ1) is 7.33. The number of carboxylic acid groups (broad SMARTS) is 1. The summed E-state index contributed by atoms with van der Waals surface area (Å²) in [6.07, 6.45) is -0.0615. The fourth-order valence-corrected chi connectivity index (χ4v) is 1.66. The van der Waals surface area contributed by atoms with E-state index in [-0.39, 0.29) is 6.42 Å². The summed E-state index contributed by atoms with van der Waals surface area (Å²) in [7, 11) is 0. The molecule has 0 spiro atoms. The molecule has 0 amide bonds. The molecule has 0 aliphatic rings. The van der Waals surface area contributed by atoms with Gasteiger partial charge in [-0.15, -0.1) is 0 Å². The highest BCUT2D eigenvalue weighted by molar-refractivity contribution is 5.68. The lowest BCUT2D eigenvalue weighted by atomic mass is 9.88. The highest BCUT2D eigenvalue weighted by Crippen LogP contribution is 2.23. The third kappa shape index (κ3) is 3.07. The van der Waals surface area contributed by atoms with Gasteiger partial charge in [0.25, 0.3) is 0 Å². The minimum atomic E-state index is -0.877. The number of hydrogen-bond acceptors (Lipinski definition) is 2. The van der Waals surface area contributed by atoms with Gasteiger partial charge in [-0.05, 0) is 24.0 Å². The number of carboxylic acids is 1. The normalized spacial score (nSPS) is 14.8. The topological polar surface area (TPSA) is 63.3 Å². The van der Waals surface area contributed by atoms with E-state index in [1.165, 1.54) is 5.56 Å². The molecule has 0 aliphatic heterocycles. The predicted octanol–water partition coefficient (Wildman–Crippen LogP) is 2.46. The van der Waals surface area contributed by atoms with E-state index in [9.17, 15) is 4.79 Å². The number of nitrogens with two attached hydrogens (primary N) is 1. The molecule has 3 N–H and O–H groups in total. The smallest absolute Gasteiger partial charge is 0.305 e. The minimum Gasteiger partial charge on any atom is -0.481 e. The summed E-state index contributed by atoms with van der Waals surface area (Å²) in [5.41, 5.74) is 7.27. The summed E-state index contributed by atoms with van der Waals surface area (Å²) in [6.45, 7) is 5.98. The summed E-state index contributed by atoms with van der Waals surface area (Å²) in [4.78, 5) is 10.7. The maximum Gasteiger partial charge on any atom is 0.305 e. The Morgan fingerprint density at radius 3 is 2.25 bits per heavy atom. The van der Waals surface area contributed by atoms with Gasteiger partial charge in [-0.3, -0.25) is 4.79 Å². The highest BCUT2D eigenvalue weighted by atomic mass is 16.4. The fraction of sp³-hybridized carbons (Fsp3) is 0.462. The van der Waals surface area contributed by atoms with E-state index in [2.05, 4.69) is 13.8 Å². The van der Waals surface area contributed by atoms with Gasteiger partial charge in [-0.1, -0.05) is 38.1 Å². The standard InChI is InChI=1S/C13H19NO2/c1-9(2)10-4-6-11(7-5-10)13(3,14)8-12(15)16/h4-7,9H,8,14H2,1-3H3,(H,15,16).